The summed E-state index contributed by atoms with van der Waals surface area (Å²) in [4.78, 5) is 40.7. The summed E-state index contributed by atoms with van der Waals surface area (Å²) in [6, 6.07) is 12.7. The maximum absolute atomic E-state index is 12.6. The molecule has 2 amide bonds. The number of hydrogen-bond acceptors (Lipinski definition) is 7. The third-order valence-corrected chi connectivity index (χ3v) is 6.69. The van der Waals surface area contributed by atoms with Crippen LogP contribution in [0.25, 0.3) is 0 Å². The van der Waals surface area contributed by atoms with Gasteiger partial charge in [-0.25, -0.2) is 9.78 Å². The molecule has 10 heteroatoms. The van der Waals surface area contributed by atoms with Crippen LogP contribution in [0.5, 0.6) is 5.75 Å². The van der Waals surface area contributed by atoms with E-state index in [0.29, 0.717) is 43.1 Å². The van der Waals surface area contributed by atoms with Gasteiger partial charge in [-0.1, -0.05) is 18.6 Å². The number of nitrogens with one attached hydrogen (secondary N) is 1. The number of ether oxygens (including phenoxy) is 1. The first-order valence-corrected chi connectivity index (χ1v) is 12.8. The monoisotopic (exact) mass is 504 g/mol. The molecule has 2 saturated heterocycles. The van der Waals surface area contributed by atoms with Crippen LogP contribution in [-0.2, 0) is 6.54 Å². The molecule has 1 N–H and O–H groups in total. The summed E-state index contributed by atoms with van der Waals surface area (Å²) in [6.07, 6.45) is 9.62. The second-order valence-electron chi connectivity index (χ2n) is 9.44. The van der Waals surface area contributed by atoms with Crippen molar-refractivity contribution in [3.8, 4) is 5.75 Å². The number of pyridine rings is 1. The van der Waals surface area contributed by atoms with E-state index in [-0.39, 0.29) is 12.0 Å². The molecule has 3 aromatic rings. The van der Waals surface area contributed by atoms with Gasteiger partial charge in [0.25, 0.3) is 5.91 Å². The van der Waals surface area contributed by atoms with Crippen molar-refractivity contribution in [3.63, 3.8) is 0 Å². The second kappa shape index (κ2) is 11.9. The zero-order valence-electron chi connectivity index (χ0n) is 20.8. The first-order valence-electron chi connectivity index (χ1n) is 12.8. The molecule has 5 rings (SSSR count). The minimum Gasteiger partial charge on any atom is -0.409 e. The van der Waals surface area contributed by atoms with Gasteiger partial charge in [0.2, 0.25) is 0 Å². The Morgan fingerprint density at radius 3 is 2.43 bits per heavy atom. The zero-order chi connectivity index (χ0) is 25.5. The van der Waals surface area contributed by atoms with Crippen molar-refractivity contribution in [2.24, 2.45) is 0 Å². The third kappa shape index (κ3) is 6.85. The molecule has 2 aromatic heterocycles. The van der Waals surface area contributed by atoms with E-state index in [1.165, 1.54) is 35.9 Å². The lowest BCUT2D eigenvalue weighted by molar-refractivity contribution is -0.0162. The number of benzene rings is 1. The van der Waals surface area contributed by atoms with Gasteiger partial charge < -0.3 is 19.8 Å². The number of nitrogens with zero attached hydrogens (tertiary/aromatic N) is 5. The van der Waals surface area contributed by atoms with Gasteiger partial charge in [-0.3, -0.25) is 9.69 Å². The highest BCUT2D eigenvalue weighted by molar-refractivity contribution is 6.03. The number of carbonyl (C=O) groups excluding carboxylic acids is 2. The Kier molecular flexibility index (Phi) is 7.95. The van der Waals surface area contributed by atoms with Gasteiger partial charge >= 0.3 is 6.09 Å². The summed E-state index contributed by atoms with van der Waals surface area (Å²) >= 11 is 0. The smallest absolute Gasteiger partial charge is 0.409 e. The van der Waals surface area contributed by atoms with Gasteiger partial charge in [-0.15, -0.1) is 9.94 Å². The molecule has 2 aliphatic heterocycles. The summed E-state index contributed by atoms with van der Waals surface area (Å²) in [7, 11) is 0. The predicted molar refractivity (Wildman–Crippen MR) is 137 cm³/mol. The average Bonchev–Trinajstić information content (AvgIpc) is 3.44. The van der Waals surface area contributed by atoms with Crippen LogP contribution in [0, 0.1) is 0 Å². The first kappa shape index (κ1) is 24.8. The maximum atomic E-state index is 12.6. The lowest BCUT2D eigenvalue weighted by atomic mass is 10.1. The van der Waals surface area contributed by atoms with Crippen LogP contribution in [0.2, 0.25) is 0 Å². The molecule has 0 spiro atoms. The molecule has 0 bridgehead atoms. The molecule has 0 radical (unpaired) electrons. The Balaban J connectivity index is 1.07. The fraction of sp³-hybridized carbons (Fsp3) is 0.407. The second-order valence-corrected chi connectivity index (χ2v) is 9.44. The van der Waals surface area contributed by atoms with Gasteiger partial charge in [-0.05, 0) is 61.8 Å². The SMILES string of the molecule is O=C(Nc1ccc(OC(=O)N2CCC(On3cccn3)CC2)cn1)c1ccc(CN2CCCCC2)cc1. The highest BCUT2D eigenvalue weighted by Gasteiger charge is 2.26. The van der Waals surface area contributed by atoms with Crippen LogP contribution in [0.1, 0.15) is 48.0 Å². The lowest BCUT2D eigenvalue weighted by Crippen LogP contribution is -2.44. The van der Waals surface area contributed by atoms with E-state index in [2.05, 4.69) is 20.3 Å². The van der Waals surface area contributed by atoms with E-state index in [9.17, 15) is 9.59 Å². The molecule has 10 nitrogen and oxygen atoms in total. The molecule has 0 unspecified atom stereocenters. The number of hydrogen-bond donors (Lipinski definition) is 1. The van der Waals surface area contributed by atoms with Crippen LogP contribution in [-0.4, -0.2) is 69.0 Å². The topological polar surface area (TPSA) is 102 Å². The van der Waals surface area contributed by atoms with E-state index in [0.717, 1.165) is 19.6 Å². The Labute approximate surface area is 216 Å². The predicted octanol–water partition coefficient (Wildman–Crippen LogP) is 3.61. The van der Waals surface area contributed by atoms with Crippen molar-refractivity contribution in [1.29, 1.82) is 0 Å². The molecule has 0 aliphatic carbocycles. The molecule has 194 valence electrons. The van der Waals surface area contributed by atoms with Gasteiger partial charge in [0.05, 0.1) is 18.6 Å². The fourth-order valence-corrected chi connectivity index (χ4v) is 4.62. The summed E-state index contributed by atoms with van der Waals surface area (Å²) < 4.78 is 5.46. The molecule has 0 saturated carbocycles. The molecule has 4 heterocycles. The number of anilines is 1. The Morgan fingerprint density at radius 1 is 0.973 bits per heavy atom. The normalized spacial score (nSPS) is 16.8. The van der Waals surface area contributed by atoms with Crippen molar-refractivity contribution in [2.75, 3.05) is 31.5 Å². The van der Waals surface area contributed by atoms with E-state index >= 15 is 0 Å². The molecule has 37 heavy (non-hydrogen) atoms. The van der Waals surface area contributed by atoms with E-state index < -0.39 is 6.09 Å². The number of amides is 2. The van der Waals surface area contributed by atoms with Crippen LogP contribution in [0.15, 0.2) is 61.1 Å². The van der Waals surface area contributed by atoms with Crippen molar-refractivity contribution < 1.29 is 19.2 Å². The molecule has 1 aromatic carbocycles. The number of carbonyl (C=O) groups is 2. The van der Waals surface area contributed by atoms with E-state index in [1.807, 2.05) is 24.3 Å². The average molecular weight is 505 g/mol. The van der Waals surface area contributed by atoms with Gasteiger partial charge in [0, 0.05) is 38.0 Å². The Hall–Kier alpha value is -3.92. The first-order chi connectivity index (χ1) is 18.1. The fourth-order valence-electron chi connectivity index (χ4n) is 4.62. The molecule has 2 aliphatic rings. The number of rotatable bonds is 7. The van der Waals surface area contributed by atoms with Crippen molar-refractivity contribution >= 4 is 17.8 Å². The van der Waals surface area contributed by atoms with Gasteiger partial charge in [-0.2, -0.15) is 0 Å². The summed E-state index contributed by atoms with van der Waals surface area (Å²) in [5.74, 6) is 0.473. The highest BCUT2D eigenvalue weighted by Crippen LogP contribution is 2.18. The van der Waals surface area contributed by atoms with Crippen LogP contribution < -0.4 is 14.9 Å². The van der Waals surface area contributed by atoms with E-state index in [4.69, 9.17) is 9.57 Å². The molecular weight excluding hydrogens is 472 g/mol. The molecular formula is C27H32N6O4. The Bertz CT molecular complexity index is 1150. The lowest BCUT2D eigenvalue weighted by Gasteiger charge is -2.30. The van der Waals surface area contributed by atoms with Crippen LogP contribution in [0.4, 0.5) is 10.6 Å². The Morgan fingerprint density at radius 2 is 1.76 bits per heavy atom. The number of likely N-dealkylation sites (tertiary alicyclic amines) is 2. The summed E-state index contributed by atoms with van der Waals surface area (Å²) in [5, 5.41) is 6.83. The highest BCUT2D eigenvalue weighted by atomic mass is 16.7. The summed E-state index contributed by atoms with van der Waals surface area (Å²) in [5.41, 5.74) is 1.78. The standard InChI is InChI=1S/C27H32N6O4/c34-26(22-7-5-21(6-8-22)20-31-14-2-1-3-15-31)30-25-10-9-24(19-28-25)36-27(35)32-17-11-23(12-18-32)37-33-16-4-13-29-33/h4-10,13,16,19,23H,1-3,11-12,14-15,17-18,20H2,(H,28,30,34). The van der Waals surface area contributed by atoms with Gasteiger partial charge in [0.15, 0.2) is 5.75 Å². The molecule has 0 atom stereocenters. The molecule has 2 fully saturated rings. The zero-order valence-corrected chi connectivity index (χ0v) is 20.8. The van der Waals surface area contributed by atoms with Crippen LogP contribution >= 0.6 is 0 Å². The van der Waals surface area contributed by atoms with Gasteiger partial charge in [0.1, 0.15) is 11.9 Å². The minimum absolute atomic E-state index is 0.000572. The van der Waals surface area contributed by atoms with Crippen molar-refractivity contribution in [1.82, 2.24) is 24.7 Å². The maximum Gasteiger partial charge on any atom is 0.415 e. The van der Waals surface area contributed by atoms with Crippen molar-refractivity contribution in [2.45, 2.75) is 44.8 Å². The summed E-state index contributed by atoms with van der Waals surface area (Å²) in [6.45, 7) is 4.26. The number of aromatic nitrogens is 3. The van der Waals surface area contributed by atoms with E-state index in [1.54, 1.807) is 35.5 Å². The largest absolute Gasteiger partial charge is 0.415 e. The number of piperidine rings is 2. The van der Waals surface area contributed by atoms with Crippen LogP contribution in [0.3, 0.4) is 0 Å². The minimum atomic E-state index is -0.430. The third-order valence-electron chi connectivity index (χ3n) is 6.69. The van der Waals surface area contributed by atoms with Crippen molar-refractivity contribution in [3.05, 3.63) is 72.2 Å². The quantitative estimate of drug-likeness (QED) is 0.524.